The van der Waals surface area contributed by atoms with Crippen LogP contribution >= 0.6 is 0 Å². The Morgan fingerprint density at radius 1 is 1.55 bits per heavy atom. The van der Waals surface area contributed by atoms with Gasteiger partial charge < -0.3 is 20.3 Å². The molecule has 11 heavy (non-hydrogen) atoms. The number of ether oxygens (including phenoxy) is 1. The van der Waals surface area contributed by atoms with Crippen molar-refractivity contribution in [1.82, 2.24) is 5.32 Å². The normalized spacial score (nSPS) is 13.4. The van der Waals surface area contributed by atoms with E-state index < -0.39 is 6.10 Å². The minimum atomic E-state index is -0.471. The first-order valence-electron chi connectivity index (χ1n) is 3.88. The molecule has 0 amide bonds. The Hall–Kier alpha value is -0.160. The molecule has 0 heterocycles. The number of aliphatic hydroxyl groups is 2. The zero-order valence-corrected chi connectivity index (χ0v) is 6.92. The fourth-order valence-electron chi connectivity index (χ4n) is 0.661. The van der Waals surface area contributed by atoms with Crippen molar-refractivity contribution in [2.45, 2.75) is 13.0 Å². The molecule has 0 saturated heterocycles. The molecule has 1 unspecified atom stereocenters. The Labute approximate surface area is 67.2 Å². The summed E-state index contributed by atoms with van der Waals surface area (Å²) >= 11 is 0. The third-order valence-electron chi connectivity index (χ3n) is 1.18. The highest BCUT2D eigenvalue weighted by Gasteiger charge is 2.01. The molecule has 0 aliphatic heterocycles. The molecule has 0 spiro atoms. The first-order valence-corrected chi connectivity index (χ1v) is 3.88. The second kappa shape index (κ2) is 7.94. The maximum Gasteiger partial charge on any atom is 0.0897 e. The van der Waals surface area contributed by atoms with E-state index in [2.05, 4.69) is 5.32 Å². The van der Waals surface area contributed by atoms with Crippen molar-refractivity contribution in [3.8, 4) is 0 Å². The molecule has 0 bridgehead atoms. The second-order valence-electron chi connectivity index (χ2n) is 2.24. The van der Waals surface area contributed by atoms with Gasteiger partial charge in [-0.1, -0.05) is 0 Å². The van der Waals surface area contributed by atoms with Crippen LogP contribution in [0.2, 0.25) is 0 Å². The largest absolute Gasteiger partial charge is 0.395 e. The average molecular weight is 163 g/mol. The summed E-state index contributed by atoms with van der Waals surface area (Å²) in [7, 11) is 0. The minimum absolute atomic E-state index is 0.0986. The summed E-state index contributed by atoms with van der Waals surface area (Å²) in [5.74, 6) is 0. The molecule has 4 heteroatoms. The standard InChI is InChI=1S/C7H17NO3/c1-2-11-6-7(10)5-8-3-4-9/h7-10H,2-6H2,1H3. The molecule has 0 saturated carbocycles. The van der Waals surface area contributed by atoms with Crippen LogP contribution in [0.1, 0.15) is 6.92 Å². The number of rotatable bonds is 7. The SMILES string of the molecule is CCOCC(O)CNCCO. The Morgan fingerprint density at radius 2 is 2.27 bits per heavy atom. The molecular formula is C7H17NO3. The predicted molar refractivity (Wildman–Crippen MR) is 42.5 cm³/mol. The van der Waals surface area contributed by atoms with Gasteiger partial charge in [0.2, 0.25) is 0 Å². The minimum Gasteiger partial charge on any atom is -0.395 e. The van der Waals surface area contributed by atoms with Gasteiger partial charge in [0, 0.05) is 19.7 Å². The van der Waals surface area contributed by atoms with Crippen molar-refractivity contribution in [3.05, 3.63) is 0 Å². The Kier molecular flexibility index (Phi) is 7.83. The monoisotopic (exact) mass is 163 g/mol. The molecule has 3 N–H and O–H groups in total. The van der Waals surface area contributed by atoms with Gasteiger partial charge in [0.1, 0.15) is 0 Å². The van der Waals surface area contributed by atoms with Crippen LogP contribution in [0.5, 0.6) is 0 Å². The maximum absolute atomic E-state index is 9.14. The first kappa shape index (κ1) is 10.8. The number of hydrogen-bond donors (Lipinski definition) is 3. The molecule has 0 rings (SSSR count). The molecule has 0 aliphatic carbocycles. The second-order valence-corrected chi connectivity index (χ2v) is 2.24. The summed E-state index contributed by atoms with van der Waals surface area (Å²) in [5, 5.41) is 20.4. The molecule has 4 nitrogen and oxygen atoms in total. The zero-order chi connectivity index (χ0) is 8.53. The maximum atomic E-state index is 9.14. The molecule has 0 aromatic rings. The van der Waals surface area contributed by atoms with Crippen molar-refractivity contribution >= 4 is 0 Å². The first-order chi connectivity index (χ1) is 5.31. The Bertz CT molecular complexity index is 80.1. The van der Waals surface area contributed by atoms with Gasteiger partial charge in [0.05, 0.1) is 19.3 Å². The van der Waals surface area contributed by atoms with E-state index in [9.17, 15) is 0 Å². The van der Waals surface area contributed by atoms with Crippen molar-refractivity contribution in [2.24, 2.45) is 0 Å². The predicted octanol–water partition coefficient (Wildman–Crippen LogP) is -1.03. The third kappa shape index (κ3) is 7.74. The van der Waals surface area contributed by atoms with E-state index in [1.165, 1.54) is 0 Å². The Morgan fingerprint density at radius 3 is 2.82 bits per heavy atom. The molecule has 1 atom stereocenters. The van der Waals surface area contributed by atoms with E-state index in [0.717, 1.165) is 0 Å². The molecule has 0 aliphatic rings. The van der Waals surface area contributed by atoms with Crippen LogP contribution in [0, 0.1) is 0 Å². The van der Waals surface area contributed by atoms with E-state index >= 15 is 0 Å². The van der Waals surface area contributed by atoms with E-state index in [-0.39, 0.29) is 6.61 Å². The van der Waals surface area contributed by atoms with Crippen molar-refractivity contribution in [3.63, 3.8) is 0 Å². The highest BCUT2D eigenvalue weighted by molar-refractivity contribution is 4.57. The van der Waals surface area contributed by atoms with E-state index in [1.807, 2.05) is 6.92 Å². The van der Waals surface area contributed by atoms with Gasteiger partial charge in [-0.2, -0.15) is 0 Å². The van der Waals surface area contributed by atoms with E-state index in [1.54, 1.807) is 0 Å². The number of aliphatic hydroxyl groups excluding tert-OH is 2. The van der Waals surface area contributed by atoms with Gasteiger partial charge in [-0.3, -0.25) is 0 Å². The lowest BCUT2D eigenvalue weighted by Crippen LogP contribution is -2.32. The molecular weight excluding hydrogens is 146 g/mol. The van der Waals surface area contributed by atoms with Crippen LogP contribution in [0.25, 0.3) is 0 Å². The van der Waals surface area contributed by atoms with Gasteiger partial charge in [-0.05, 0) is 6.92 Å². The average Bonchev–Trinajstić information content (AvgIpc) is 2.01. The van der Waals surface area contributed by atoms with Crippen LogP contribution in [0.4, 0.5) is 0 Å². The van der Waals surface area contributed by atoms with Crippen molar-refractivity contribution in [1.29, 1.82) is 0 Å². The third-order valence-corrected chi connectivity index (χ3v) is 1.18. The highest BCUT2D eigenvalue weighted by atomic mass is 16.5. The van der Waals surface area contributed by atoms with E-state index in [0.29, 0.717) is 26.3 Å². The van der Waals surface area contributed by atoms with Gasteiger partial charge in [-0.15, -0.1) is 0 Å². The van der Waals surface area contributed by atoms with Gasteiger partial charge in [-0.25, -0.2) is 0 Å². The fourth-order valence-corrected chi connectivity index (χ4v) is 0.661. The molecule has 0 aromatic carbocycles. The topological polar surface area (TPSA) is 61.7 Å². The number of hydrogen-bond acceptors (Lipinski definition) is 4. The van der Waals surface area contributed by atoms with Crippen LogP contribution in [-0.4, -0.2) is 49.2 Å². The van der Waals surface area contributed by atoms with Crippen molar-refractivity contribution < 1.29 is 14.9 Å². The van der Waals surface area contributed by atoms with E-state index in [4.69, 9.17) is 14.9 Å². The van der Waals surface area contributed by atoms with Gasteiger partial charge in [0.15, 0.2) is 0 Å². The molecule has 0 fully saturated rings. The summed E-state index contributed by atoms with van der Waals surface area (Å²) in [6, 6.07) is 0. The summed E-state index contributed by atoms with van der Waals surface area (Å²) in [4.78, 5) is 0. The Balaban J connectivity index is 3.02. The van der Waals surface area contributed by atoms with Crippen LogP contribution in [0.3, 0.4) is 0 Å². The molecule has 0 aromatic heterocycles. The summed E-state index contributed by atoms with van der Waals surface area (Å²) in [5.41, 5.74) is 0. The lowest BCUT2D eigenvalue weighted by atomic mass is 10.4. The number of nitrogens with one attached hydrogen (secondary N) is 1. The van der Waals surface area contributed by atoms with Crippen molar-refractivity contribution in [2.75, 3.05) is 32.9 Å². The summed E-state index contributed by atoms with van der Waals surface area (Å²) in [6.45, 7) is 3.95. The molecule has 68 valence electrons. The summed E-state index contributed by atoms with van der Waals surface area (Å²) in [6.07, 6.45) is -0.471. The van der Waals surface area contributed by atoms with Crippen LogP contribution in [-0.2, 0) is 4.74 Å². The van der Waals surface area contributed by atoms with Crippen LogP contribution in [0.15, 0.2) is 0 Å². The summed E-state index contributed by atoms with van der Waals surface area (Å²) < 4.78 is 4.97. The van der Waals surface area contributed by atoms with Crippen LogP contribution < -0.4 is 5.32 Å². The zero-order valence-electron chi connectivity index (χ0n) is 6.92. The smallest absolute Gasteiger partial charge is 0.0897 e. The van der Waals surface area contributed by atoms with Gasteiger partial charge >= 0.3 is 0 Å². The lowest BCUT2D eigenvalue weighted by Gasteiger charge is -2.10. The highest BCUT2D eigenvalue weighted by Crippen LogP contribution is 1.82. The quantitative estimate of drug-likeness (QED) is 0.420. The lowest BCUT2D eigenvalue weighted by molar-refractivity contribution is 0.0424. The van der Waals surface area contributed by atoms with Gasteiger partial charge in [0.25, 0.3) is 0 Å². The fraction of sp³-hybridized carbons (Fsp3) is 1.00. The molecule has 0 radical (unpaired) electrons.